The summed E-state index contributed by atoms with van der Waals surface area (Å²) in [7, 11) is 0. The lowest BCUT2D eigenvalue weighted by Crippen LogP contribution is -2.36. The topological polar surface area (TPSA) is 20.2 Å². The number of alkyl halides is 3. The van der Waals surface area contributed by atoms with Crippen molar-refractivity contribution in [3.05, 3.63) is 0 Å². The van der Waals surface area contributed by atoms with E-state index in [-0.39, 0.29) is 24.9 Å². The lowest BCUT2D eigenvalue weighted by molar-refractivity contribution is -0.186. The molecule has 0 aromatic carbocycles. The molecule has 1 nitrogen and oxygen atoms in total. The van der Waals surface area contributed by atoms with Crippen molar-refractivity contribution in [3.63, 3.8) is 0 Å². The molecule has 106 valence electrons. The quantitative estimate of drug-likeness (QED) is 0.788. The van der Waals surface area contributed by atoms with E-state index in [4.69, 9.17) is 0 Å². The maximum Gasteiger partial charge on any atom is 0.391 e. The van der Waals surface area contributed by atoms with Crippen molar-refractivity contribution in [2.45, 2.75) is 70.1 Å². The van der Waals surface area contributed by atoms with Gasteiger partial charge in [-0.3, -0.25) is 0 Å². The second-order valence-corrected chi connectivity index (χ2v) is 6.04. The molecule has 0 spiro atoms. The second kappa shape index (κ2) is 5.81. The minimum Gasteiger partial charge on any atom is -0.393 e. The van der Waals surface area contributed by atoms with E-state index in [1.54, 1.807) is 0 Å². The van der Waals surface area contributed by atoms with Gasteiger partial charge in [-0.05, 0) is 50.4 Å². The van der Waals surface area contributed by atoms with Crippen LogP contribution >= 0.6 is 0 Å². The molecule has 2 saturated carbocycles. The second-order valence-electron chi connectivity index (χ2n) is 6.04. The largest absolute Gasteiger partial charge is 0.393 e. The summed E-state index contributed by atoms with van der Waals surface area (Å²) in [5.74, 6) is -0.690. The average molecular weight is 264 g/mol. The Balaban J connectivity index is 1.81. The third-order valence-corrected chi connectivity index (χ3v) is 4.85. The first-order valence-electron chi connectivity index (χ1n) is 7.23. The molecular formula is C14H23F3O. The molecule has 1 N–H and O–H groups in total. The third kappa shape index (κ3) is 3.40. The monoisotopic (exact) mass is 264 g/mol. The fourth-order valence-corrected chi connectivity index (χ4v) is 3.65. The molecule has 2 aliphatic rings. The molecule has 0 aromatic heterocycles. The molecule has 2 aliphatic carbocycles. The Labute approximate surface area is 107 Å². The van der Waals surface area contributed by atoms with Crippen LogP contribution in [0.4, 0.5) is 13.2 Å². The smallest absolute Gasteiger partial charge is 0.391 e. The van der Waals surface area contributed by atoms with Gasteiger partial charge in [-0.15, -0.1) is 0 Å². The van der Waals surface area contributed by atoms with Gasteiger partial charge < -0.3 is 5.11 Å². The van der Waals surface area contributed by atoms with Crippen LogP contribution in [0.1, 0.15) is 57.8 Å². The molecule has 0 aliphatic heterocycles. The van der Waals surface area contributed by atoms with Crippen LogP contribution in [-0.4, -0.2) is 17.4 Å². The van der Waals surface area contributed by atoms with Gasteiger partial charge in [0.05, 0.1) is 12.0 Å². The van der Waals surface area contributed by atoms with Gasteiger partial charge in [0.2, 0.25) is 0 Å². The SMILES string of the molecule is OC(C1CCCCC1)C1CCC(C(F)(F)F)CC1. The van der Waals surface area contributed by atoms with Crippen molar-refractivity contribution in [1.82, 2.24) is 0 Å². The van der Waals surface area contributed by atoms with Crippen LogP contribution in [-0.2, 0) is 0 Å². The van der Waals surface area contributed by atoms with Gasteiger partial charge in [-0.25, -0.2) is 0 Å². The predicted octanol–water partition coefficient (Wildman–Crippen LogP) is 4.30. The Morgan fingerprint density at radius 2 is 1.28 bits per heavy atom. The van der Waals surface area contributed by atoms with Gasteiger partial charge in [0.15, 0.2) is 0 Å². The maximum atomic E-state index is 12.6. The third-order valence-electron chi connectivity index (χ3n) is 4.85. The Bertz CT molecular complexity index is 250. The van der Waals surface area contributed by atoms with Gasteiger partial charge in [0.1, 0.15) is 0 Å². The number of aliphatic hydroxyl groups is 1. The zero-order valence-corrected chi connectivity index (χ0v) is 10.8. The highest BCUT2D eigenvalue weighted by Gasteiger charge is 2.43. The Morgan fingerprint density at radius 3 is 1.78 bits per heavy atom. The molecule has 0 bridgehead atoms. The molecule has 4 heteroatoms. The van der Waals surface area contributed by atoms with E-state index in [1.165, 1.54) is 19.3 Å². The lowest BCUT2D eigenvalue weighted by atomic mass is 9.73. The number of aliphatic hydroxyl groups excluding tert-OH is 1. The molecule has 0 amide bonds. The highest BCUT2D eigenvalue weighted by atomic mass is 19.4. The van der Waals surface area contributed by atoms with E-state index in [0.717, 1.165) is 12.8 Å². The minimum atomic E-state index is -4.04. The van der Waals surface area contributed by atoms with Crippen LogP contribution in [0, 0.1) is 17.8 Å². The van der Waals surface area contributed by atoms with E-state index >= 15 is 0 Å². The summed E-state index contributed by atoms with van der Waals surface area (Å²) < 4.78 is 37.7. The fourth-order valence-electron chi connectivity index (χ4n) is 3.65. The van der Waals surface area contributed by atoms with Crippen LogP contribution in [0.2, 0.25) is 0 Å². The molecule has 0 heterocycles. The normalized spacial score (nSPS) is 33.3. The molecule has 1 unspecified atom stereocenters. The summed E-state index contributed by atoms with van der Waals surface area (Å²) in [5, 5.41) is 10.3. The van der Waals surface area contributed by atoms with Gasteiger partial charge in [0.25, 0.3) is 0 Å². The van der Waals surface area contributed by atoms with Crippen molar-refractivity contribution in [2.24, 2.45) is 17.8 Å². The van der Waals surface area contributed by atoms with Gasteiger partial charge in [0, 0.05) is 0 Å². The van der Waals surface area contributed by atoms with E-state index < -0.39 is 12.1 Å². The highest BCUT2D eigenvalue weighted by Crippen LogP contribution is 2.42. The van der Waals surface area contributed by atoms with Crippen LogP contribution in [0.5, 0.6) is 0 Å². The molecule has 0 saturated heterocycles. The summed E-state index contributed by atoms with van der Waals surface area (Å²) in [6.45, 7) is 0. The number of hydrogen-bond donors (Lipinski definition) is 1. The van der Waals surface area contributed by atoms with Gasteiger partial charge in [-0.1, -0.05) is 19.3 Å². The van der Waals surface area contributed by atoms with Gasteiger partial charge >= 0.3 is 6.18 Å². The predicted molar refractivity (Wildman–Crippen MR) is 64.1 cm³/mol. The maximum absolute atomic E-state index is 12.6. The first-order chi connectivity index (χ1) is 8.48. The Hall–Kier alpha value is -0.250. The zero-order chi connectivity index (χ0) is 13.2. The average Bonchev–Trinajstić information content (AvgIpc) is 2.38. The van der Waals surface area contributed by atoms with E-state index in [2.05, 4.69) is 0 Å². The van der Waals surface area contributed by atoms with E-state index in [9.17, 15) is 18.3 Å². The Kier molecular flexibility index (Phi) is 4.57. The van der Waals surface area contributed by atoms with Crippen molar-refractivity contribution in [2.75, 3.05) is 0 Å². The van der Waals surface area contributed by atoms with E-state index in [1.807, 2.05) is 0 Å². The Morgan fingerprint density at radius 1 is 0.778 bits per heavy atom. The van der Waals surface area contributed by atoms with Crippen molar-refractivity contribution >= 4 is 0 Å². The first kappa shape index (κ1) is 14.2. The summed E-state index contributed by atoms with van der Waals surface area (Å²) >= 11 is 0. The lowest BCUT2D eigenvalue weighted by Gasteiger charge is -2.37. The van der Waals surface area contributed by atoms with Crippen molar-refractivity contribution < 1.29 is 18.3 Å². The summed E-state index contributed by atoms with van der Waals surface area (Å²) in [6.07, 6.45) is 2.78. The number of rotatable bonds is 2. The van der Waals surface area contributed by atoms with Crippen LogP contribution in [0.3, 0.4) is 0 Å². The molecule has 0 radical (unpaired) electrons. The highest BCUT2D eigenvalue weighted by molar-refractivity contribution is 4.84. The molecular weight excluding hydrogens is 241 g/mol. The number of halogens is 3. The first-order valence-corrected chi connectivity index (χ1v) is 7.23. The standard InChI is InChI=1S/C14H23F3O/c15-14(16,17)12-8-6-11(7-9-12)13(18)10-4-2-1-3-5-10/h10-13,18H,1-9H2. The molecule has 18 heavy (non-hydrogen) atoms. The van der Waals surface area contributed by atoms with Crippen LogP contribution in [0.15, 0.2) is 0 Å². The van der Waals surface area contributed by atoms with Crippen LogP contribution < -0.4 is 0 Å². The fraction of sp³-hybridized carbons (Fsp3) is 1.00. The summed E-state index contributed by atoms with van der Waals surface area (Å²) in [4.78, 5) is 0. The van der Waals surface area contributed by atoms with Crippen molar-refractivity contribution in [3.8, 4) is 0 Å². The van der Waals surface area contributed by atoms with E-state index in [0.29, 0.717) is 18.8 Å². The summed E-state index contributed by atoms with van der Waals surface area (Å²) in [5.41, 5.74) is 0. The molecule has 1 atom stereocenters. The molecule has 2 rings (SSSR count). The zero-order valence-electron chi connectivity index (χ0n) is 10.8. The molecule has 0 aromatic rings. The minimum absolute atomic E-state index is 0.103. The van der Waals surface area contributed by atoms with Crippen molar-refractivity contribution in [1.29, 1.82) is 0 Å². The molecule has 2 fully saturated rings. The van der Waals surface area contributed by atoms with Gasteiger partial charge in [-0.2, -0.15) is 13.2 Å². The van der Waals surface area contributed by atoms with Crippen LogP contribution in [0.25, 0.3) is 0 Å². The number of hydrogen-bond acceptors (Lipinski definition) is 1. The summed E-state index contributed by atoms with van der Waals surface area (Å²) in [6, 6.07) is 0.